The fraction of sp³-hybridized carbons (Fsp3) is 0.333. The zero-order valence-corrected chi connectivity index (χ0v) is 10.5. The number of halogens is 2. The highest BCUT2D eigenvalue weighted by Crippen LogP contribution is 2.20. The van der Waals surface area contributed by atoms with E-state index in [-0.39, 0.29) is 5.69 Å². The summed E-state index contributed by atoms with van der Waals surface area (Å²) in [5, 5.41) is 6.83. The van der Waals surface area contributed by atoms with Crippen LogP contribution in [0.2, 0.25) is 0 Å². The molecule has 18 heavy (non-hydrogen) atoms. The van der Waals surface area contributed by atoms with Crippen molar-refractivity contribution in [3.8, 4) is 5.69 Å². The molecular formula is C12H14F2N4. The van der Waals surface area contributed by atoms with Crippen LogP contribution in [-0.4, -0.2) is 21.8 Å². The normalized spacial score (nSPS) is 10.9. The molecule has 2 rings (SSSR count). The van der Waals surface area contributed by atoms with Crippen LogP contribution in [0.1, 0.15) is 17.2 Å². The first-order chi connectivity index (χ1) is 8.52. The van der Waals surface area contributed by atoms with Crippen LogP contribution in [-0.2, 0) is 6.54 Å². The van der Waals surface area contributed by atoms with E-state index in [0.29, 0.717) is 23.8 Å². The molecule has 96 valence electrons. The predicted octanol–water partition coefficient (Wildman–Crippen LogP) is 1.88. The molecule has 1 heterocycles. The van der Waals surface area contributed by atoms with Gasteiger partial charge in [0.05, 0.1) is 0 Å². The van der Waals surface area contributed by atoms with Crippen molar-refractivity contribution in [2.24, 2.45) is 0 Å². The van der Waals surface area contributed by atoms with Crippen LogP contribution >= 0.6 is 0 Å². The lowest BCUT2D eigenvalue weighted by molar-refractivity contribution is 0.552. The molecule has 0 spiro atoms. The van der Waals surface area contributed by atoms with E-state index in [1.54, 1.807) is 20.9 Å². The third-order valence-corrected chi connectivity index (χ3v) is 2.54. The summed E-state index contributed by atoms with van der Waals surface area (Å²) in [6, 6.07) is 2.59. The first-order valence-corrected chi connectivity index (χ1v) is 5.56. The topological polar surface area (TPSA) is 42.7 Å². The molecule has 0 aliphatic carbocycles. The van der Waals surface area contributed by atoms with Gasteiger partial charge in [0, 0.05) is 6.54 Å². The van der Waals surface area contributed by atoms with Crippen molar-refractivity contribution in [3.63, 3.8) is 0 Å². The molecule has 0 saturated heterocycles. The molecule has 1 aromatic carbocycles. The molecule has 1 aromatic heterocycles. The lowest BCUT2D eigenvalue weighted by atomic mass is 10.2. The third kappa shape index (κ3) is 2.24. The van der Waals surface area contributed by atoms with Crippen LogP contribution in [0.4, 0.5) is 8.78 Å². The van der Waals surface area contributed by atoms with Crippen LogP contribution < -0.4 is 5.32 Å². The molecular weight excluding hydrogens is 238 g/mol. The molecule has 0 aliphatic rings. The van der Waals surface area contributed by atoms with Gasteiger partial charge in [-0.15, -0.1) is 0 Å². The summed E-state index contributed by atoms with van der Waals surface area (Å²) >= 11 is 0. The van der Waals surface area contributed by atoms with Crippen LogP contribution in [0.3, 0.4) is 0 Å². The van der Waals surface area contributed by atoms with Crippen LogP contribution in [0, 0.1) is 25.5 Å². The summed E-state index contributed by atoms with van der Waals surface area (Å²) in [7, 11) is 1.72. The largest absolute Gasteiger partial charge is 0.316 e. The average Bonchev–Trinajstić information content (AvgIpc) is 2.57. The SMILES string of the molecule is CNCc1cc(F)c(-n2nc(C)nc2C)c(F)c1. The second-order valence-electron chi connectivity index (χ2n) is 4.06. The number of nitrogens with zero attached hydrogens (tertiary/aromatic N) is 3. The lowest BCUT2D eigenvalue weighted by Crippen LogP contribution is -2.10. The standard InChI is InChI=1S/C12H14F2N4/c1-7-16-8(2)18(17-7)12-10(13)4-9(6-15-3)5-11(12)14/h4-5,15H,6H2,1-3H3. The predicted molar refractivity (Wildman–Crippen MR) is 63.5 cm³/mol. The molecule has 0 atom stereocenters. The summed E-state index contributed by atoms with van der Waals surface area (Å²) in [5.74, 6) is -0.362. The third-order valence-electron chi connectivity index (χ3n) is 2.54. The van der Waals surface area contributed by atoms with E-state index in [2.05, 4.69) is 15.4 Å². The Labute approximate surface area is 104 Å². The molecule has 0 saturated carbocycles. The molecule has 0 unspecified atom stereocenters. The Kier molecular flexibility index (Phi) is 3.38. The number of nitrogens with one attached hydrogen (secondary N) is 1. The van der Waals surface area contributed by atoms with Crippen molar-refractivity contribution in [3.05, 3.63) is 41.0 Å². The van der Waals surface area contributed by atoms with Crippen LogP contribution in [0.5, 0.6) is 0 Å². The Hall–Kier alpha value is -1.82. The van der Waals surface area contributed by atoms with E-state index in [1.165, 1.54) is 16.8 Å². The molecule has 0 bridgehead atoms. The van der Waals surface area contributed by atoms with Crippen LogP contribution in [0.15, 0.2) is 12.1 Å². The number of hydrogen-bond acceptors (Lipinski definition) is 3. The lowest BCUT2D eigenvalue weighted by Gasteiger charge is -2.08. The molecule has 0 aliphatic heterocycles. The Morgan fingerprint density at radius 1 is 1.22 bits per heavy atom. The van der Waals surface area contributed by atoms with Crippen molar-refractivity contribution in [2.45, 2.75) is 20.4 Å². The van der Waals surface area contributed by atoms with E-state index in [1.807, 2.05) is 0 Å². The number of aryl methyl sites for hydroxylation is 2. The smallest absolute Gasteiger partial charge is 0.152 e. The molecule has 2 aromatic rings. The number of aromatic nitrogens is 3. The minimum atomic E-state index is -0.645. The maximum atomic E-state index is 14.0. The maximum Gasteiger partial charge on any atom is 0.152 e. The van der Waals surface area contributed by atoms with E-state index in [4.69, 9.17) is 0 Å². The van der Waals surface area contributed by atoms with E-state index in [9.17, 15) is 8.78 Å². The highest BCUT2D eigenvalue weighted by atomic mass is 19.1. The number of benzene rings is 1. The molecule has 6 heteroatoms. The number of hydrogen-bond donors (Lipinski definition) is 1. The highest BCUT2D eigenvalue weighted by Gasteiger charge is 2.16. The van der Waals surface area contributed by atoms with Crippen LogP contribution in [0.25, 0.3) is 5.69 Å². The van der Waals surface area contributed by atoms with Gasteiger partial charge in [0.2, 0.25) is 0 Å². The Morgan fingerprint density at radius 2 is 1.83 bits per heavy atom. The molecule has 1 N–H and O–H groups in total. The fourth-order valence-electron chi connectivity index (χ4n) is 1.86. The van der Waals surface area contributed by atoms with Gasteiger partial charge >= 0.3 is 0 Å². The van der Waals surface area contributed by atoms with Gasteiger partial charge in [0.15, 0.2) is 11.6 Å². The zero-order valence-electron chi connectivity index (χ0n) is 10.5. The quantitative estimate of drug-likeness (QED) is 0.907. The monoisotopic (exact) mass is 252 g/mol. The Balaban J connectivity index is 2.55. The van der Waals surface area contributed by atoms with Gasteiger partial charge in [-0.25, -0.2) is 18.4 Å². The van der Waals surface area contributed by atoms with Gasteiger partial charge in [0.25, 0.3) is 0 Å². The van der Waals surface area contributed by atoms with Gasteiger partial charge in [-0.05, 0) is 38.6 Å². The summed E-state index contributed by atoms with van der Waals surface area (Å²) in [6.45, 7) is 3.73. The van der Waals surface area contributed by atoms with Crippen molar-refractivity contribution in [2.75, 3.05) is 7.05 Å². The Bertz CT molecular complexity index is 554. The summed E-state index contributed by atoms with van der Waals surface area (Å²) in [4.78, 5) is 4.03. The second kappa shape index (κ2) is 4.81. The van der Waals surface area contributed by atoms with E-state index < -0.39 is 11.6 Å². The van der Waals surface area contributed by atoms with Crippen molar-refractivity contribution in [1.82, 2.24) is 20.1 Å². The summed E-state index contributed by atoms with van der Waals surface area (Å²) < 4.78 is 29.1. The molecule has 0 fully saturated rings. The van der Waals surface area contributed by atoms with Crippen molar-refractivity contribution >= 4 is 0 Å². The minimum Gasteiger partial charge on any atom is -0.316 e. The highest BCUT2D eigenvalue weighted by molar-refractivity contribution is 5.38. The van der Waals surface area contributed by atoms with Gasteiger partial charge in [0.1, 0.15) is 17.3 Å². The molecule has 0 radical (unpaired) electrons. The maximum absolute atomic E-state index is 14.0. The van der Waals surface area contributed by atoms with Gasteiger partial charge < -0.3 is 5.32 Å². The van der Waals surface area contributed by atoms with Crippen molar-refractivity contribution < 1.29 is 8.78 Å². The molecule has 0 amide bonds. The average molecular weight is 252 g/mol. The van der Waals surface area contributed by atoms with Gasteiger partial charge in [-0.3, -0.25) is 0 Å². The van der Waals surface area contributed by atoms with Gasteiger partial charge in [-0.2, -0.15) is 5.10 Å². The summed E-state index contributed by atoms with van der Waals surface area (Å²) in [6.07, 6.45) is 0. The number of rotatable bonds is 3. The van der Waals surface area contributed by atoms with E-state index in [0.717, 1.165) is 0 Å². The zero-order chi connectivity index (χ0) is 13.3. The first kappa shape index (κ1) is 12.6. The minimum absolute atomic E-state index is 0.187. The van der Waals surface area contributed by atoms with E-state index >= 15 is 0 Å². The van der Waals surface area contributed by atoms with Crippen molar-refractivity contribution in [1.29, 1.82) is 0 Å². The van der Waals surface area contributed by atoms with Gasteiger partial charge in [-0.1, -0.05) is 0 Å². The second-order valence-corrected chi connectivity index (χ2v) is 4.06. The Morgan fingerprint density at radius 3 is 2.28 bits per heavy atom. The first-order valence-electron chi connectivity index (χ1n) is 5.56. The molecule has 4 nitrogen and oxygen atoms in total. The summed E-state index contributed by atoms with van der Waals surface area (Å²) in [5.41, 5.74) is 0.360. The fourth-order valence-corrected chi connectivity index (χ4v) is 1.86.